The van der Waals surface area contributed by atoms with E-state index >= 15 is 0 Å². The molecule has 0 aliphatic rings. The van der Waals surface area contributed by atoms with Crippen LogP contribution in [-0.4, -0.2) is 32.6 Å². The lowest BCUT2D eigenvalue weighted by molar-refractivity contribution is 0.247. The van der Waals surface area contributed by atoms with Crippen LogP contribution in [0.5, 0.6) is 11.5 Å². The summed E-state index contributed by atoms with van der Waals surface area (Å²) in [6, 6.07) is 22.0. The quantitative estimate of drug-likeness (QED) is 0.402. The van der Waals surface area contributed by atoms with Gasteiger partial charge in [0.15, 0.2) is 11.5 Å². The molecule has 0 fully saturated rings. The van der Waals surface area contributed by atoms with Crippen LogP contribution in [0.25, 0.3) is 5.65 Å². The maximum atomic E-state index is 12.7. The number of urea groups is 1. The summed E-state index contributed by atoms with van der Waals surface area (Å²) < 4.78 is 7.69. The molecule has 4 rings (SSSR count). The van der Waals surface area contributed by atoms with Crippen LogP contribution in [0.2, 0.25) is 0 Å². The van der Waals surface area contributed by atoms with Crippen LogP contribution in [-0.2, 0) is 0 Å². The summed E-state index contributed by atoms with van der Waals surface area (Å²) >= 11 is 1.72. The van der Waals surface area contributed by atoms with Gasteiger partial charge >= 0.3 is 6.03 Å². The molecule has 7 nitrogen and oxygen atoms in total. The Balaban J connectivity index is 1.41. The molecule has 0 saturated heterocycles. The van der Waals surface area contributed by atoms with Crippen molar-refractivity contribution in [1.82, 2.24) is 19.9 Å². The predicted octanol–water partition coefficient (Wildman–Crippen LogP) is 5.14. The lowest BCUT2D eigenvalue weighted by atomic mass is 10.2. The fourth-order valence-electron chi connectivity index (χ4n) is 3.16. The maximum absolute atomic E-state index is 12.7. The molecule has 0 radical (unpaired) electrons. The van der Waals surface area contributed by atoms with E-state index in [-0.39, 0.29) is 12.1 Å². The highest BCUT2D eigenvalue weighted by Crippen LogP contribution is 2.23. The summed E-state index contributed by atoms with van der Waals surface area (Å²) in [5.74, 6) is 3.06. The number of nitrogens with one attached hydrogen (secondary N) is 2. The van der Waals surface area contributed by atoms with Crippen molar-refractivity contribution >= 4 is 29.1 Å². The first-order valence-electron chi connectivity index (χ1n) is 9.92. The summed E-state index contributed by atoms with van der Waals surface area (Å²) in [5, 5.41) is 14.4. The minimum atomic E-state index is -0.296. The molecule has 2 heterocycles. The number of nitrogens with zero attached hydrogens (tertiary/aromatic N) is 3. The standard InChI is InChI=1S/C23H23N5O2S/c1-31-16-14-20(22-27-26-21-9-5-6-15-28(21)22)25-23(29)24-17-10-12-19(13-11-17)30-18-7-3-2-4-8-18/h2-13,15,20H,14,16H2,1H3,(H2,24,25,29)/t20-/m1/s1. The van der Waals surface area contributed by atoms with Gasteiger partial charge in [-0.15, -0.1) is 10.2 Å². The lowest BCUT2D eigenvalue weighted by Crippen LogP contribution is -2.34. The molecule has 4 aromatic rings. The molecule has 1 atom stereocenters. The molecule has 2 N–H and O–H groups in total. The van der Waals surface area contributed by atoms with Gasteiger partial charge in [0, 0.05) is 11.9 Å². The van der Waals surface area contributed by atoms with E-state index in [1.807, 2.05) is 77.5 Å². The zero-order valence-corrected chi connectivity index (χ0v) is 17.9. The Hall–Kier alpha value is -3.52. The minimum Gasteiger partial charge on any atom is -0.457 e. The third-order valence-electron chi connectivity index (χ3n) is 4.66. The number of carbonyl (C=O) groups excluding carboxylic acids is 1. The topological polar surface area (TPSA) is 80.5 Å². The van der Waals surface area contributed by atoms with Crippen LogP contribution >= 0.6 is 11.8 Å². The van der Waals surface area contributed by atoms with E-state index < -0.39 is 0 Å². The summed E-state index contributed by atoms with van der Waals surface area (Å²) in [7, 11) is 0. The van der Waals surface area contributed by atoms with Crippen LogP contribution < -0.4 is 15.4 Å². The second-order valence-electron chi connectivity index (χ2n) is 6.86. The normalized spacial score (nSPS) is 11.8. The Labute approximate surface area is 184 Å². The number of amides is 2. The number of aromatic nitrogens is 3. The van der Waals surface area contributed by atoms with Gasteiger partial charge in [0.25, 0.3) is 0 Å². The highest BCUT2D eigenvalue weighted by molar-refractivity contribution is 7.98. The number of carbonyl (C=O) groups is 1. The first-order valence-corrected chi connectivity index (χ1v) is 11.3. The number of para-hydroxylation sites is 1. The number of anilines is 1. The van der Waals surface area contributed by atoms with Gasteiger partial charge in [-0.25, -0.2) is 4.79 Å². The Morgan fingerprint density at radius 2 is 1.74 bits per heavy atom. The first kappa shape index (κ1) is 20.7. The van der Waals surface area contributed by atoms with Gasteiger partial charge in [0.05, 0.1) is 6.04 Å². The molecule has 0 saturated carbocycles. The van der Waals surface area contributed by atoms with Crippen molar-refractivity contribution in [2.45, 2.75) is 12.5 Å². The third kappa shape index (κ3) is 5.35. The number of thioether (sulfide) groups is 1. The van der Waals surface area contributed by atoms with E-state index in [0.29, 0.717) is 17.3 Å². The molecule has 0 bridgehead atoms. The number of hydrogen-bond acceptors (Lipinski definition) is 5. The zero-order valence-electron chi connectivity index (χ0n) is 17.1. The molecule has 2 aromatic carbocycles. The molecule has 31 heavy (non-hydrogen) atoms. The number of rotatable bonds is 8. The van der Waals surface area contributed by atoms with E-state index in [1.54, 1.807) is 23.9 Å². The maximum Gasteiger partial charge on any atom is 0.319 e. The second kappa shape index (κ2) is 9.99. The van der Waals surface area contributed by atoms with Crippen LogP contribution in [0, 0.1) is 0 Å². The number of pyridine rings is 1. The Morgan fingerprint density at radius 1 is 1.00 bits per heavy atom. The summed E-state index contributed by atoms with van der Waals surface area (Å²) in [4.78, 5) is 12.7. The van der Waals surface area contributed by atoms with Crippen LogP contribution in [0.15, 0.2) is 79.0 Å². The lowest BCUT2D eigenvalue weighted by Gasteiger charge is -2.17. The van der Waals surface area contributed by atoms with Gasteiger partial charge in [-0.1, -0.05) is 24.3 Å². The van der Waals surface area contributed by atoms with Gasteiger partial charge in [0.2, 0.25) is 0 Å². The number of fused-ring (bicyclic) bond motifs is 1. The van der Waals surface area contributed by atoms with Crippen LogP contribution in [0.4, 0.5) is 10.5 Å². The molecule has 158 valence electrons. The van der Waals surface area contributed by atoms with Crippen molar-refractivity contribution in [2.24, 2.45) is 0 Å². The smallest absolute Gasteiger partial charge is 0.319 e. The monoisotopic (exact) mass is 433 g/mol. The highest BCUT2D eigenvalue weighted by atomic mass is 32.2. The predicted molar refractivity (Wildman–Crippen MR) is 124 cm³/mol. The molecular formula is C23H23N5O2S. The molecule has 8 heteroatoms. The minimum absolute atomic E-state index is 0.259. The third-order valence-corrected chi connectivity index (χ3v) is 5.30. The largest absolute Gasteiger partial charge is 0.457 e. The van der Waals surface area contributed by atoms with Gasteiger partial charge in [-0.2, -0.15) is 11.8 Å². The van der Waals surface area contributed by atoms with Crippen molar-refractivity contribution in [3.05, 3.63) is 84.8 Å². The molecule has 0 spiro atoms. The van der Waals surface area contributed by atoms with Crippen molar-refractivity contribution in [3.8, 4) is 11.5 Å². The van der Waals surface area contributed by atoms with Crippen molar-refractivity contribution in [1.29, 1.82) is 0 Å². The van der Waals surface area contributed by atoms with Gasteiger partial charge in [-0.3, -0.25) is 4.40 Å². The fourth-order valence-corrected chi connectivity index (χ4v) is 3.63. The van der Waals surface area contributed by atoms with Crippen molar-refractivity contribution in [2.75, 3.05) is 17.3 Å². The average molecular weight is 434 g/mol. The summed E-state index contributed by atoms with van der Waals surface area (Å²) in [6.07, 6.45) is 4.69. The summed E-state index contributed by atoms with van der Waals surface area (Å²) in [5.41, 5.74) is 1.43. The van der Waals surface area contributed by atoms with Crippen molar-refractivity contribution in [3.63, 3.8) is 0 Å². The van der Waals surface area contributed by atoms with Crippen molar-refractivity contribution < 1.29 is 9.53 Å². The Morgan fingerprint density at radius 3 is 2.52 bits per heavy atom. The highest BCUT2D eigenvalue weighted by Gasteiger charge is 2.20. The second-order valence-corrected chi connectivity index (χ2v) is 7.84. The van der Waals surface area contributed by atoms with E-state index in [4.69, 9.17) is 4.74 Å². The number of ether oxygens (including phenoxy) is 1. The fraction of sp³-hybridized carbons (Fsp3) is 0.174. The first-order chi connectivity index (χ1) is 15.2. The molecule has 0 aliphatic heterocycles. The molecule has 0 aliphatic carbocycles. The molecular weight excluding hydrogens is 410 g/mol. The molecule has 2 aromatic heterocycles. The van der Waals surface area contributed by atoms with Gasteiger partial charge in [0.1, 0.15) is 11.5 Å². The SMILES string of the molecule is CSCC[C@@H](NC(=O)Nc1ccc(Oc2ccccc2)cc1)c1nnc2ccccn12. The average Bonchev–Trinajstić information content (AvgIpc) is 3.23. The Bertz CT molecular complexity index is 1130. The van der Waals surface area contributed by atoms with E-state index in [1.165, 1.54) is 0 Å². The molecule has 2 amide bonds. The number of benzene rings is 2. The van der Waals surface area contributed by atoms with Crippen LogP contribution in [0.3, 0.4) is 0 Å². The van der Waals surface area contributed by atoms with Gasteiger partial charge < -0.3 is 15.4 Å². The molecule has 0 unspecified atom stereocenters. The van der Waals surface area contributed by atoms with Crippen LogP contribution in [0.1, 0.15) is 18.3 Å². The summed E-state index contributed by atoms with van der Waals surface area (Å²) in [6.45, 7) is 0. The van der Waals surface area contributed by atoms with Gasteiger partial charge in [-0.05, 0) is 67.0 Å². The Kier molecular flexibility index (Phi) is 6.68. The zero-order chi connectivity index (χ0) is 21.5. The van der Waals surface area contributed by atoms with E-state index in [9.17, 15) is 4.79 Å². The van der Waals surface area contributed by atoms with E-state index in [2.05, 4.69) is 20.8 Å². The number of hydrogen-bond donors (Lipinski definition) is 2. The van der Waals surface area contributed by atoms with E-state index in [0.717, 1.165) is 23.6 Å².